The number of benzene rings is 2. The summed E-state index contributed by atoms with van der Waals surface area (Å²) in [6.45, 7) is 4.39. The summed E-state index contributed by atoms with van der Waals surface area (Å²) in [5, 5.41) is 2.57. The van der Waals surface area contributed by atoms with Crippen molar-refractivity contribution in [1.82, 2.24) is 4.98 Å². The molecular weight excluding hydrogens is 446 g/mol. The van der Waals surface area contributed by atoms with Crippen molar-refractivity contribution in [2.24, 2.45) is 0 Å². The highest BCUT2D eigenvalue weighted by molar-refractivity contribution is 5.98. The molecule has 0 atom stereocenters. The van der Waals surface area contributed by atoms with Gasteiger partial charge in [-0.3, -0.25) is 9.78 Å². The number of pyridine rings is 1. The minimum absolute atomic E-state index is 0.0387. The third-order valence-corrected chi connectivity index (χ3v) is 5.25. The second-order valence-corrected chi connectivity index (χ2v) is 8.14. The number of carbonyl (C=O) groups excluding carboxylic acids is 1. The fourth-order valence-electron chi connectivity index (χ4n) is 3.21. The SMILES string of the molecule is Cc1cc(-c2ccc(NC(=O)C(C)(C)c3cc(C(F)(F)F)cc(C(F)(F)F)c3)cc2)ccn1. The normalized spacial score (nSPS) is 12.5. The van der Waals surface area contributed by atoms with Crippen molar-refractivity contribution in [3.8, 4) is 11.1 Å². The Kier molecular flexibility index (Phi) is 6.28. The molecule has 1 amide bonds. The van der Waals surface area contributed by atoms with Gasteiger partial charge < -0.3 is 5.32 Å². The fourth-order valence-corrected chi connectivity index (χ4v) is 3.21. The lowest BCUT2D eigenvalue weighted by Crippen LogP contribution is -2.35. The molecule has 0 aliphatic carbocycles. The molecule has 1 aromatic heterocycles. The maximum absolute atomic E-state index is 13.2. The summed E-state index contributed by atoms with van der Waals surface area (Å²) < 4.78 is 79.2. The molecule has 33 heavy (non-hydrogen) atoms. The molecule has 0 bridgehead atoms. The van der Waals surface area contributed by atoms with E-state index in [0.717, 1.165) is 16.8 Å². The number of rotatable bonds is 4. The first-order valence-electron chi connectivity index (χ1n) is 9.82. The molecule has 0 saturated heterocycles. The van der Waals surface area contributed by atoms with E-state index in [4.69, 9.17) is 0 Å². The summed E-state index contributed by atoms with van der Waals surface area (Å²) in [4.78, 5) is 17.0. The molecular formula is C24H20F6N2O. The molecule has 0 unspecified atom stereocenters. The van der Waals surface area contributed by atoms with Crippen LogP contribution in [0.3, 0.4) is 0 Å². The van der Waals surface area contributed by atoms with Crippen LogP contribution in [0.2, 0.25) is 0 Å². The van der Waals surface area contributed by atoms with Gasteiger partial charge in [0.05, 0.1) is 16.5 Å². The van der Waals surface area contributed by atoms with Gasteiger partial charge in [0.25, 0.3) is 0 Å². The summed E-state index contributed by atoms with van der Waals surface area (Å²) in [7, 11) is 0. The maximum atomic E-state index is 13.2. The van der Waals surface area contributed by atoms with Gasteiger partial charge in [-0.1, -0.05) is 12.1 Å². The van der Waals surface area contributed by atoms with Gasteiger partial charge in [0.2, 0.25) is 5.91 Å². The van der Waals surface area contributed by atoms with Gasteiger partial charge in [-0.05, 0) is 79.9 Å². The van der Waals surface area contributed by atoms with Gasteiger partial charge in [0, 0.05) is 17.6 Å². The van der Waals surface area contributed by atoms with Crippen molar-refractivity contribution < 1.29 is 31.1 Å². The summed E-state index contributed by atoms with van der Waals surface area (Å²) in [5.74, 6) is -0.748. The molecule has 0 spiro atoms. The monoisotopic (exact) mass is 466 g/mol. The van der Waals surface area contributed by atoms with Crippen molar-refractivity contribution in [2.75, 3.05) is 5.32 Å². The molecule has 2 aromatic carbocycles. The number of nitrogens with one attached hydrogen (secondary N) is 1. The van der Waals surface area contributed by atoms with Gasteiger partial charge in [-0.2, -0.15) is 26.3 Å². The second kappa shape index (κ2) is 8.53. The highest BCUT2D eigenvalue weighted by Crippen LogP contribution is 2.39. The number of hydrogen-bond donors (Lipinski definition) is 1. The first kappa shape index (κ1) is 24.3. The molecule has 0 fully saturated rings. The van der Waals surface area contributed by atoms with Gasteiger partial charge in [0.1, 0.15) is 0 Å². The Hall–Kier alpha value is -3.36. The number of carbonyl (C=O) groups is 1. The largest absolute Gasteiger partial charge is 0.416 e. The van der Waals surface area contributed by atoms with E-state index in [1.54, 1.807) is 30.5 Å². The van der Waals surface area contributed by atoms with E-state index in [-0.39, 0.29) is 6.07 Å². The van der Waals surface area contributed by atoms with E-state index >= 15 is 0 Å². The quantitative estimate of drug-likeness (QED) is 0.420. The Morgan fingerprint density at radius 2 is 1.27 bits per heavy atom. The van der Waals surface area contributed by atoms with E-state index in [0.29, 0.717) is 17.8 Å². The number of nitrogens with zero attached hydrogens (tertiary/aromatic N) is 1. The van der Waals surface area contributed by atoms with Crippen LogP contribution in [-0.2, 0) is 22.6 Å². The number of amides is 1. The lowest BCUT2D eigenvalue weighted by Gasteiger charge is -2.26. The van der Waals surface area contributed by atoms with Crippen molar-refractivity contribution in [3.05, 3.63) is 83.2 Å². The summed E-state index contributed by atoms with van der Waals surface area (Å²) >= 11 is 0. The minimum atomic E-state index is -5.00. The fraction of sp³-hybridized carbons (Fsp3) is 0.250. The topological polar surface area (TPSA) is 42.0 Å². The molecule has 1 heterocycles. The van der Waals surface area contributed by atoms with Crippen molar-refractivity contribution in [1.29, 1.82) is 0 Å². The highest BCUT2D eigenvalue weighted by Gasteiger charge is 2.40. The number of halogens is 6. The number of aromatic nitrogens is 1. The standard InChI is InChI=1S/C24H20F6N2O/c1-14-10-16(8-9-31-14)15-4-6-20(7-5-15)32-21(33)22(2,3)17-11-18(23(25,26)27)13-19(12-17)24(28,29)30/h4-13H,1-3H3,(H,32,33). The van der Waals surface area contributed by atoms with Gasteiger partial charge in [0.15, 0.2) is 0 Å². The Bertz CT molecular complexity index is 1130. The Labute approximate surface area is 186 Å². The van der Waals surface area contributed by atoms with Crippen molar-refractivity contribution in [2.45, 2.75) is 38.5 Å². The van der Waals surface area contributed by atoms with Gasteiger partial charge in [-0.15, -0.1) is 0 Å². The lowest BCUT2D eigenvalue weighted by atomic mass is 9.81. The average molecular weight is 466 g/mol. The molecule has 0 saturated carbocycles. The van der Waals surface area contributed by atoms with Crippen molar-refractivity contribution in [3.63, 3.8) is 0 Å². The summed E-state index contributed by atoms with van der Waals surface area (Å²) in [5.41, 5.74) is -2.07. The number of hydrogen-bond acceptors (Lipinski definition) is 2. The molecule has 174 valence electrons. The van der Waals surface area contributed by atoms with E-state index < -0.39 is 40.4 Å². The van der Waals surface area contributed by atoms with E-state index in [9.17, 15) is 31.1 Å². The van der Waals surface area contributed by atoms with Crippen LogP contribution < -0.4 is 5.32 Å². The second-order valence-electron chi connectivity index (χ2n) is 8.14. The minimum Gasteiger partial charge on any atom is -0.325 e. The van der Waals surface area contributed by atoms with Crippen LogP contribution in [0.1, 0.15) is 36.2 Å². The lowest BCUT2D eigenvalue weighted by molar-refractivity contribution is -0.143. The van der Waals surface area contributed by atoms with E-state index in [1.165, 1.54) is 13.8 Å². The number of alkyl halides is 6. The zero-order chi connectivity index (χ0) is 24.6. The number of aryl methyl sites for hydroxylation is 1. The maximum Gasteiger partial charge on any atom is 0.416 e. The number of anilines is 1. The van der Waals surface area contributed by atoms with E-state index in [2.05, 4.69) is 10.3 Å². The molecule has 0 radical (unpaired) electrons. The Morgan fingerprint density at radius 1 is 0.758 bits per heavy atom. The van der Waals surface area contributed by atoms with Crippen LogP contribution in [0, 0.1) is 6.92 Å². The summed E-state index contributed by atoms with van der Waals surface area (Å²) in [6, 6.07) is 11.6. The van der Waals surface area contributed by atoms with Crippen LogP contribution in [0.5, 0.6) is 0 Å². The smallest absolute Gasteiger partial charge is 0.325 e. The average Bonchev–Trinajstić information content (AvgIpc) is 2.72. The molecule has 3 nitrogen and oxygen atoms in total. The predicted molar refractivity (Wildman–Crippen MR) is 113 cm³/mol. The zero-order valence-corrected chi connectivity index (χ0v) is 17.9. The zero-order valence-electron chi connectivity index (χ0n) is 17.9. The van der Waals surface area contributed by atoms with Crippen LogP contribution in [0.25, 0.3) is 11.1 Å². The van der Waals surface area contributed by atoms with Crippen molar-refractivity contribution >= 4 is 11.6 Å². The molecule has 0 aliphatic heterocycles. The Balaban J connectivity index is 1.89. The van der Waals surface area contributed by atoms with Crippen LogP contribution in [0.4, 0.5) is 32.0 Å². The van der Waals surface area contributed by atoms with Gasteiger partial charge >= 0.3 is 12.4 Å². The molecule has 3 rings (SSSR count). The van der Waals surface area contributed by atoms with Crippen LogP contribution >= 0.6 is 0 Å². The first-order chi connectivity index (χ1) is 15.2. The van der Waals surface area contributed by atoms with Gasteiger partial charge in [-0.25, -0.2) is 0 Å². The molecule has 9 heteroatoms. The van der Waals surface area contributed by atoms with E-state index in [1.807, 2.05) is 19.1 Å². The molecule has 1 N–H and O–H groups in total. The van der Waals surface area contributed by atoms with Crippen LogP contribution in [0.15, 0.2) is 60.8 Å². The Morgan fingerprint density at radius 3 is 1.76 bits per heavy atom. The third kappa shape index (κ3) is 5.53. The molecule has 3 aromatic rings. The third-order valence-electron chi connectivity index (χ3n) is 5.25. The first-order valence-corrected chi connectivity index (χ1v) is 9.82. The summed E-state index contributed by atoms with van der Waals surface area (Å²) in [6.07, 6.45) is -8.33. The predicted octanol–water partition coefficient (Wildman–Crippen LogP) is 7.01. The molecule has 0 aliphatic rings. The highest BCUT2D eigenvalue weighted by atomic mass is 19.4. The van der Waals surface area contributed by atoms with Crippen LogP contribution in [-0.4, -0.2) is 10.9 Å².